The van der Waals surface area contributed by atoms with Crippen molar-refractivity contribution in [2.24, 2.45) is 0 Å². The minimum Gasteiger partial charge on any atom is -0.396 e. The number of aliphatic hydroxyl groups is 1. The van der Waals surface area contributed by atoms with E-state index in [1.165, 1.54) is 0 Å². The maximum atomic E-state index is 8.91. The quantitative estimate of drug-likeness (QED) is 0.733. The lowest BCUT2D eigenvalue weighted by molar-refractivity contribution is 0.223. The van der Waals surface area contributed by atoms with Crippen molar-refractivity contribution in [3.05, 3.63) is 33.8 Å². The van der Waals surface area contributed by atoms with E-state index in [1.807, 2.05) is 19.2 Å². The van der Waals surface area contributed by atoms with Crippen LogP contribution < -0.4 is 5.32 Å². The minimum atomic E-state index is 0.185. The smallest absolute Gasteiger partial charge is 0.0640 e. The molecule has 0 fully saturated rings. The molecular weight excluding hydrogens is 295 g/mol. The molecule has 0 aliphatic rings. The summed E-state index contributed by atoms with van der Waals surface area (Å²) in [6, 6.07) is 5.93. The van der Waals surface area contributed by atoms with E-state index in [0.717, 1.165) is 38.0 Å². The van der Waals surface area contributed by atoms with Gasteiger partial charge in [-0.25, -0.2) is 0 Å². The maximum Gasteiger partial charge on any atom is 0.0640 e. The number of nitrogens with zero attached hydrogens (tertiary/aromatic N) is 1. The Hall–Kier alpha value is -0.320. The molecule has 0 aromatic heterocycles. The number of nitrogens with one attached hydrogen (secondary N) is 1. The van der Waals surface area contributed by atoms with Gasteiger partial charge in [0.2, 0.25) is 0 Å². The predicted molar refractivity (Wildman–Crippen MR) is 86.7 cm³/mol. The molecule has 20 heavy (non-hydrogen) atoms. The zero-order chi connectivity index (χ0) is 15.0. The molecule has 0 aliphatic heterocycles. The molecule has 1 unspecified atom stereocenters. The van der Waals surface area contributed by atoms with Crippen molar-refractivity contribution in [3.8, 4) is 0 Å². The highest BCUT2D eigenvalue weighted by molar-refractivity contribution is 6.42. The van der Waals surface area contributed by atoms with Gasteiger partial charge in [0.1, 0.15) is 0 Å². The van der Waals surface area contributed by atoms with E-state index >= 15 is 0 Å². The van der Waals surface area contributed by atoms with Crippen molar-refractivity contribution < 1.29 is 5.11 Å². The monoisotopic (exact) mass is 318 g/mol. The molecule has 0 spiro atoms. The molecule has 1 aromatic rings. The highest BCUT2D eigenvalue weighted by Gasteiger charge is 2.15. The number of halogens is 2. The summed E-state index contributed by atoms with van der Waals surface area (Å²) < 4.78 is 0. The van der Waals surface area contributed by atoms with Crippen molar-refractivity contribution in [2.45, 2.75) is 25.8 Å². The third-order valence-corrected chi connectivity index (χ3v) is 4.35. The fourth-order valence-electron chi connectivity index (χ4n) is 2.28. The summed E-state index contributed by atoms with van der Waals surface area (Å²) in [6.07, 6.45) is 1.77. The lowest BCUT2D eigenvalue weighted by Crippen LogP contribution is -2.29. The molecule has 0 saturated carbocycles. The topological polar surface area (TPSA) is 35.5 Å². The summed E-state index contributed by atoms with van der Waals surface area (Å²) in [5.74, 6) is 0. The van der Waals surface area contributed by atoms with Crippen LogP contribution in [0.25, 0.3) is 0 Å². The van der Waals surface area contributed by atoms with Crippen molar-refractivity contribution in [1.82, 2.24) is 10.2 Å². The second-order valence-electron chi connectivity index (χ2n) is 4.78. The molecule has 0 aliphatic carbocycles. The molecule has 5 heteroatoms. The van der Waals surface area contributed by atoms with Crippen LogP contribution >= 0.6 is 23.2 Å². The average Bonchev–Trinajstić information content (AvgIpc) is 2.46. The predicted octanol–water partition coefficient (Wildman–Crippen LogP) is 3.35. The number of hydrogen-bond donors (Lipinski definition) is 2. The molecule has 0 saturated heterocycles. The first-order valence-corrected chi connectivity index (χ1v) is 7.84. The molecule has 1 aromatic carbocycles. The van der Waals surface area contributed by atoms with E-state index in [4.69, 9.17) is 28.3 Å². The van der Waals surface area contributed by atoms with E-state index in [2.05, 4.69) is 17.1 Å². The molecule has 2 N–H and O–H groups in total. The summed E-state index contributed by atoms with van der Waals surface area (Å²) >= 11 is 12.4. The largest absolute Gasteiger partial charge is 0.396 e. The van der Waals surface area contributed by atoms with Crippen molar-refractivity contribution >= 4 is 23.2 Å². The molecular formula is C15H24Cl2N2O. The van der Waals surface area contributed by atoms with Crippen LogP contribution in [0.3, 0.4) is 0 Å². The fourth-order valence-corrected chi connectivity index (χ4v) is 2.72. The first-order valence-electron chi connectivity index (χ1n) is 7.08. The van der Waals surface area contributed by atoms with E-state index in [9.17, 15) is 0 Å². The van der Waals surface area contributed by atoms with Gasteiger partial charge in [0.25, 0.3) is 0 Å². The number of hydrogen-bond acceptors (Lipinski definition) is 3. The van der Waals surface area contributed by atoms with Gasteiger partial charge < -0.3 is 15.3 Å². The number of rotatable bonds is 9. The molecule has 1 rings (SSSR count). The highest BCUT2D eigenvalue weighted by Crippen LogP contribution is 2.31. The van der Waals surface area contributed by atoms with Crippen molar-refractivity contribution in [1.29, 1.82) is 0 Å². The molecule has 0 radical (unpaired) electrons. The van der Waals surface area contributed by atoms with Gasteiger partial charge in [0.05, 0.1) is 10.0 Å². The van der Waals surface area contributed by atoms with Gasteiger partial charge in [-0.05, 0) is 44.6 Å². The first kappa shape index (κ1) is 17.7. The Morgan fingerprint density at radius 3 is 2.65 bits per heavy atom. The van der Waals surface area contributed by atoms with Gasteiger partial charge in [-0.2, -0.15) is 0 Å². The average molecular weight is 319 g/mol. The zero-order valence-corrected chi connectivity index (χ0v) is 13.7. The molecule has 114 valence electrons. The van der Waals surface area contributed by atoms with E-state index in [-0.39, 0.29) is 12.6 Å². The fraction of sp³-hybridized carbons (Fsp3) is 0.600. The molecule has 0 heterocycles. The zero-order valence-electron chi connectivity index (χ0n) is 12.2. The van der Waals surface area contributed by atoms with E-state index < -0.39 is 0 Å². The van der Waals surface area contributed by atoms with Crippen molar-refractivity contribution in [3.63, 3.8) is 0 Å². The minimum absolute atomic E-state index is 0.185. The van der Waals surface area contributed by atoms with Gasteiger partial charge in [0.15, 0.2) is 0 Å². The molecule has 3 nitrogen and oxygen atoms in total. The van der Waals surface area contributed by atoms with Gasteiger partial charge in [-0.3, -0.25) is 0 Å². The van der Waals surface area contributed by atoms with Gasteiger partial charge in [-0.1, -0.05) is 42.3 Å². The third kappa shape index (κ3) is 5.23. The summed E-state index contributed by atoms with van der Waals surface area (Å²) in [5.41, 5.74) is 1.04. The lowest BCUT2D eigenvalue weighted by atomic mass is 10.0. The van der Waals surface area contributed by atoms with Gasteiger partial charge in [0, 0.05) is 19.2 Å². The molecule has 1 atom stereocenters. The van der Waals surface area contributed by atoms with Crippen LogP contribution in [0.4, 0.5) is 0 Å². The van der Waals surface area contributed by atoms with Gasteiger partial charge >= 0.3 is 0 Å². The Morgan fingerprint density at radius 2 is 2.05 bits per heavy atom. The second-order valence-corrected chi connectivity index (χ2v) is 5.57. The Balaban J connectivity index is 2.65. The maximum absolute atomic E-state index is 8.91. The van der Waals surface area contributed by atoms with E-state index in [0.29, 0.717) is 10.0 Å². The Morgan fingerprint density at radius 1 is 1.30 bits per heavy atom. The van der Waals surface area contributed by atoms with Crippen molar-refractivity contribution in [2.75, 3.05) is 33.3 Å². The molecule has 0 bridgehead atoms. The number of benzene rings is 1. The van der Waals surface area contributed by atoms with E-state index in [1.54, 1.807) is 6.07 Å². The highest BCUT2D eigenvalue weighted by atomic mass is 35.5. The van der Waals surface area contributed by atoms with Crippen LogP contribution in [0.15, 0.2) is 18.2 Å². The SMILES string of the molecule is CCN(CCCO)CCC(NC)c1cccc(Cl)c1Cl. The number of aliphatic hydroxyl groups excluding tert-OH is 1. The van der Waals surface area contributed by atoms with Crippen LogP contribution in [-0.2, 0) is 0 Å². The Kier molecular flexibility index (Phi) is 8.50. The standard InChI is InChI=1S/C15H24Cl2N2O/c1-3-19(9-5-11-20)10-8-14(18-2)12-6-4-7-13(16)15(12)17/h4,6-7,14,18,20H,3,5,8-11H2,1-2H3. The van der Waals surface area contributed by atoms with Crippen LogP contribution in [0.1, 0.15) is 31.4 Å². The molecule has 0 amide bonds. The van der Waals surface area contributed by atoms with Crippen LogP contribution in [0.2, 0.25) is 10.0 Å². The summed E-state index contributed by atoms with van der Waals surface area (Å²) in [7, 11) is 1.94. The van der Waals surface area contributed by atoms with Crippen LogP contribution in [0.5, 0.6) is 0 Å². The Labute approximate surface area is 131 Å². The lowest BCUT2D eigenvalue weighted by Gasteiger charge is -2.24. The van der Waals surface area contributed by atoms with Crippen LogP contribution in [0, 0.1) is 0 Å². The first-order chi connectivity index (χ1) is 9.63. The second kappa shape index (κ2) is 9.59. The Bertz CT molecular complexity index is 401. The van der Waals surface area contributed by atoms with Gasteiger partial charge in [-0.15, -0.1) is 0 Å². The summed E-state index contributed by atoms with van der Waals surface area (Å²) in [5, 5.41) is 13.4. The summed E-state index contributed by atoms with van der Waals surface area (Å²) in [4.78, 5) is 2.33. The normalized spacial score (nSPS) is 12.9. The third-order valence-electron chi connectivity index (χ3n) is 3.52. The summed E-state index contributed by atoms with van der Waals surface area (Å²) in [6.45, 7) is 5.25. The van der Waals surface area contributed by atoms with Crippen LogP contribution in [-0.4, -0.2) is 43.3 Å².